The zero-order valence-corrected chi connectivity index (χ0v) is 10.1. The topological polar surface area (TPSA) is 52.0 Å². The number of hydrogen-bond donors (Lipinski definition) is 1. The van der Waals surface area contributed by atoms with Crippen LogP contribution < -0.4 is 10.1 Å². The molecule has 1 N–H and O–H groups in total. The van der Waals surface area contributed by atoms with Gasteiger partial charge in [0.15, 0.2) is 0 Å². The summed E-state index contributed by atoms with van der Waals surface area (Å²) in [6.45, 7) is 1.53. The highest BCUT2D eigenvalue weighted by molar-refractivity contribution is 5.20. The maximum Gasteiger partial charge on any atom is 0.213 e. The molecule has 0 fully saturated rings. The van der Waals surface area contributed by atoms with Gasteiger partial charge in [-0.15, -0.1) is 0 Å². The van der Waals surface area contributed by atoms with Gasteiger partial charge in [-0.1, -0.05) is 0 Å². The largest absolute Gasteiger partial charge is 0.481 e. The van der Waals surface area contributed by atoms with E-state index in [0.29, 0.717) is 5.88 Å². The SMILES string of the molecule is COc1cc(CNCc2ccn(C)n2)ccn1. The average Bonchev–Trinajstić information content (AvgIpc) is 2.75. The fourth-order valence-electron chi connectivity index (χ4n) is 1.56. The van der Waals surface area contributed by atoms with Gasteiger partial charge in [0.05, 0.1) is 12.8 Å². The summed E-state index contributed by atoms with van der Waals surface area (Å²) in [4.78, 5) is 4.06. The first kappa shape index (κ1) is 11.6. The van der Waals surface area contributed by atoms with Crippen molar-refractivity contribution >= 4 is 0 Å². The number of ether oxygens (including phenoxy) is 1. The molecule has 5 nitrogen and oxygen atoms in total. The summed E-state index contributed by atoms with van der Waals surface area (Å²) < 4.78 is 6.87. The van der Waals surface area contributed by atoms with Gasteiger partial charge in [0, 0.05) is 38.6 Å². The van der Waals surface area contributed by atoms with Crippen LogP contribution in [0.25, 0.3) is 0 Å². The smallest absolute Gasteiger partial charge is 0.213 e. The summed E-state index contributed by atoms with van der Waals surface area (Å²) in [6.07, 6.45) is 3.68. The van der Waals surface area contributed by atoms with E-state index < -0.39 is 0 Å². The Bertz CT molecular complexity index is 481. The molecule has 2 heterocycles. The second kappa shape index (κ2) is 5.45. The number of nitrogens with zero attached hydrogens (tertiary/aromatic N) is 3. The molecule has 2 aromatic rings. The Kier molecular flexibility index (Phi) is 3.72. The van der Waals surface area contributed by atoms with E-state index in [-0.39, 0.29) is 0 Å². The van der Waals surface area contributed by atoms with E-state index in [0.717, 1.165) is 24.3 Å². The van der Waals surface area contributed by atoms with Crippen LogP contribution in [0, 0.1) is 0 Å². The van der Waals surface area contributed by atoms with Crippen LogP contribution >= 0.6 is 0 Å². The third-order valence-electron chi connectivity index (χ3n) is 2.41. The first-order chi connectivity index (χ1) is 8.28. The molecule has 17 heavy (non-hydrogen) atoms. The number of aromatic nitrogens is 3. The highest BCUT2D eigenvalue weighted by Crippen LogP contribution is 2.08. The van der Waals surface area contributed by atoms with Crippen LogP contribution in [0.5, 0.6) is 5.88 Å². The van der Waals surface area contributed by atoms with Gasteiger partial charge in [0.2, 0.25) is 5.88 Å². The van der Waals surface area contributed by atoms with Gasteiger partial charge >= 0.3 is 0 Å². The van der Waals surface area contributed by atoms with Crippen LogP contribution in [0.15, 0.2) is 30.6 Å². The van der Waals surface area contributed by atoms with Crippen LogP contribution in [0.3, 0.4) is 0 Å². The van der Waals surface area contributed by atoms with Crippen molar-refractivity contribution in [3.05, 3.63) is 41.9 Å². The number of methoxy groups -OCH3 is 1. The molecular formula is C12H16N4O. The lowest BCUT2D eigenvalue weighted by atomic mass is 10.2. The molecule has 0 saturated heterocycles. The zero-order chi connectivity index (χ0) is 12.1. The molecule has 0 amide bonds. The van der Waals surface area contributed by atoms with Crippen molar-refractivity contribution in [2.24, 2.45) is 7.05 Å². The van der Waals surface area contributed by atoms with E-state index in [1.54, 1.807) is 18.0 Å². The van der Waals surface area contributed by atoms with Gasteiger partial charge in [0.1, 0.15) is 0 Å². The molecule has 5 heteroatoms. The molecule has 0 saturated carbocycles. The maximum absolute atomic E-state index is 5.07. The Morgan fingerprint density at radius 3 is 2.94 bits per heavy atom. The lowest BCUT2D eigenvalue weighted by Crippen LogP contribution is -2.13. The van der Waals surface area contributed by atoms with E-state index in [4.69, 9.17) is 4.74 Å². The van der Waals surface area contributed by atoms with Crippen LogP contribution in [-0.4, -0.2) is 21.9 Å². The first-order valence-corrected chi connectivity index (χ1v) is 5.46. The highest BCUT2D eigenvalue weighted by Gasteiger charge is 1.99. The Balaban J connectivity index is 1.85. The second-order valence-electron chi connectivity index (χ2n) is 3.79. The standard InChI is InChI=1S/C12H16N4O/c1-16-6-4-11(15-16)9-13-8-10-3-5-14-12(7-10)17-2/h3-7,13H,8-9H2,1-2H3. The second-order valence-corrected chi connectivity index (χ2v) is 3.79. The lowest BCUT2D eigenvalue weighted by molar-refractivity contribution is 0.397. The van der Waals surface area contributed by atoms with Gasteiger partial charge in [-0.3, -0.25) is 4.68 Å². The van der Waals surface area contributed by atoms with Crippen molar-refractivity contribution in [1.82, 2.24) is 20.1 Å². The summed E-state index contributed by atoms with van der Waals surface area (Å²) in [6, 6.07) is 5.89. The normalized spacial score (nSPS) is 10.5. The Morgan fingerprint density at radius 1 is 1.35 bits per heavy atom. The molecule has 0 aliphatic rings. The third kappa shape index (κ3) is 3.29. The fourth-order valence-corrected chi connectivity index (χ4v) is 1.56. The average molecular weight is 232 g/mol. The van der Waals surface area contributed by atoms with Crippen molar-refractivity contribution in [3.63, 3.8) is 0 Å². The minimum atomic E-state index is 0.641. The minimum Gasteiger partial charge on any atom is -0.481 e. The Hall–Kier alpha value is -1.88. The quantitative estimate of drug-likeness (QED) is 0.839. The molecule has 0 atom stereocenters. The predicted molar refractivity (Wildman–Crippen MR) is 64.5 cm³/mol. The van der Waals surface area contributed by atoms with Crippen molar-refractivity contribution < 1.29 is 4.74 Å². The van der Waals surface area contributed by atoms with Crippen LogP contribution in [0.1, 0.15) is 11.3 Å². The van der Waals surface area contributed by atoms with Crippen LogP contribution in [0.4, 0.5) is 0 Å². The van der Waals surface area contributed by atoms with Crippen molar-refractivity contribution in [1.29, 1.82) is 0 Å². The van der Waals surface area contributed by atoms with Gasteiger partial charge in [0.25, 0.3) is 0 Å². The minimum absolute atomic E-state index is 0.641. The van der Waals surface area contributed by atoms with E-state index in [2.05, 4.69) is 15.4 Å². The maximum atomic E-state index is 5.07. The number of hydrogen-bond acceptors (Lipinski definition) is 4. The third-order valence-corrected chi connectivity index (χ3v) is 2.41. The summed E-state index contributed by atoms with van der Waals surface area (Å²) in [7, 11) is 3.53. The van der Waals surface area contributed by atoms with E-state index >= 15 is 0 Å². The zero-order valence-electron chi connectivity index (χ0n) is 10.1. The fraction of sp³-hybridized carbons (Fsp3) is 0.333. The summed E-state index contributed by atoms with van der Waals surface area (Å²) in [5, 5.41) is 7.62. The van der Waals surface area contributed by atoms with Crippen molar-refractivity contribution in [2.75, 3.05) is 7.11 Å². The number of aryl methyl sites for hydroxylation is 1. The van der Waals surface area contributed by atoms with E-state index in [1.807, 2.05) is 31.4 Å². The van der Waals surface area contributed by atoms with E-state index in [1.165, 1.54) is 0 Å². The Morgan fingerprint density at radius 2 is 2.24 bits per heavy atom. The van der Waals surface area contributed by atoms with Crippen LogP contribution in [-0.2, 0) is 20.1 Å². The van der Waals surface area contributed by atoms with E-state index in [9.17, 15) is 0 Å². The van der Waals surface area contributed by atoms with Crippen molar-refractivity contribution in [3.8, 4) is 5.88 Å². The van der Waals surface area contributed by atoms with Crippen LogP contribution in [0.2, 0.25) is 0 Å². The molecule has 0 radical (unpaired) electrons. The van der Waals surface area contributed by atoms with Gasteiger partial charge < -0.3 is 10.1 Å². The number of rotatable bonds is 5. The molecule has 0 bridgehead atoms. The monoisotopic (exact) mass is 232 g/mol. The lowest BCUT2D eigenvalue weighted by Gasteiger charge is -2.04. The highest BCUT2D eigenvalue weighted by atomic mass is 16.5. The molecule has 0 aliphatic carbocycles. The first-order valence-electron chi connectivity index (χ1n) is 5.46. The van der Waals surface area contributed by atoms with Gasteiger partial charge in [-0.25, -0.2) is 4.98 Å². The van der Waals surface area contributed by atoms with Gasteiger partial charge in [-0.05, 0) is 17.7 Å². The van der Waals surface area contributed by atoms with Gasteiger partial charge in [-0.2, -0.15) is 5.10 Å². The molecule has 0 spiro atoms. The molecular weight excluding hydrogens is 216 g/mol. The molecule has 90 valence electrons. The molecule has 0 aromatic carbocycles. The number of pyridine rings is 1. The summed E-state index contributed by atoms with van der Waals surface area (Å²) in [5.41, 5.74) is 2.18. The summed E-state index contributed by atoms with van der Waals surface area (Å²) in [5.74, 6) is 0.641. The molecule has 2 aromatic heterocycles. The predicted octanol–water partition coefficient (Wildman–Crippen LogP) is 1.11. The molecule has 0 aliphatic heterocycles. The number of nitrogens with one attached hydrogen (secondary N) is 1. The molecule has 0 unspecified atom stereocenters. The van der Waals surface area contributed by atoms with Crippen molar-refractivity contribution in [2.45, 2.75) is 13.1 Å². The molecule has 2 rings (SSSR count). The Labute approximate surface area is 100 Å². The summed E-state index contributed by atoms with van der Waals surface area (Å²) >= 11 is 0.